The maximum atomic E-state index is 12.6. The first-order chi connectivity index (χ1) is 9.63. The van der Waals surface area contributed by atoms with Crippen LogP contribution in [0.1, 0.15) is 27.0 Å². The summed E-state index contributed by atoms with van der Waals surface area (Å²) < 4.78 is 0. The molecule has 0 aliphatic carbocycles. The molecular formula is C18H15NO. The van der Waals surface area contributed by atoms with Crippen molar-refractivity contribution >= 4 is 16.7 Å². The topological polar surface area (TPSA) is 30.0 Å². The third kappa shape index (κ3) is 2.32. The number of hydrogen-bond acceptors (Lipinski definition) is 2. The van der Waals surface area contributed by atoms with E-state index in [-0.39, 0.29) is 5.78 Å². The summed E-state index contributed by atoms with van der Waals surface area (Å²) in [5.41, 5.74) is 4.47. The highest BCUT2D eigenvalue weighted by molar-refractivity contribution is 6.10. The molecule has 0 aliphatic rings. The summed E-state index contributed by atoms with van der Waals surface area (Å²) in [5, 5.41) is 1.05. The molecule has 0 saturated carbocycles. The molecule has 0 atom stereocenters. The summed E-state index contributed by atoms with van der Waals surface area (Å²) >= 11 is 0. The predicted molar refractivity (Wildman–Crippen MR) is 81.1 cm³/mol. The van der Waals surface area contributed by atoms with Gasteiger partial charge in [0, 0.05) is 22.7 Å². The minimum absolute atomic E-state index is 0.0457. The van der Waals surface area contributed by atoms with Gasteiger partial charge in [-0.1, -0.05) is 35.4 Å². The van der Waals surface area contributed by atoms with Crippen molar-refractivity contribution in [2.24, 2.45) is 0 Å². The molecule has 2 nitrogen and oxygen atoms in total. The van der Waals surface area contributed by atoms with E-state index in [2.05, 4.69) is 11.1 Å². The first-order valence-electron chi connectivity index (χ1n) is 6.61. The Balaban J connectivity index is 2.07. The zero-order valence-electron chi connectivity index (χ0n) is 11.6. The van der Waals surface area contributed by atoms with E-state index >= 15 is 0 Å². The molecule has 20 heavy (non-hydrogen) atoms. The van der Waals surface area contributed by atoms with Crippen molar-refractivity contribution in [3.05, 3.63) is 77.0 Å². The predicted octanol–water partition coefficient (Wildman–Crippen LogP) is 4.08. The van der Waals surface area contributed by atoms with E-state index < -0.39 is 0 Å². The van der Waals surface area contributed by atoms with Crippen LogP contribution in [0.5, 0.6) is 0 Å². The maximum absolute atomic E-state index is 12.6. The molecule has 0 spiro atoms. The molecule has 98 valence electrons. The average Bonchev–Trinajstić information content (AvgIpc) is 2.45. The lowest BCUT2D eigenvalue weighted by Gasteiger charge is -2.05. The fraction of sp³-hybridized carbons (Fsp3) is 0.111. The third-order valence-corrected chi connectivity index (χ3v) is 3.35. The maximum Gasteiger partial charge on any atom is 0.193 e. The van der Waals surface area contributed by atoms with Crippen molar-refractivity contribution in [2.45, 2.75) is 13.8 Å². The summed E-state index contributed by atoms with van der Waals surface area (Å²) in [6.45, 7) is 4.01. The van der Waals surface area contributed by atoms with Crippen LogP contribution in [-0.4, -0.2) is 10.8 Å². The Morgan fingerprint density at radius 1 is 0.900 bits per heavy atom. The molecule has 0 N–H and O–H groups in total. The van der Waals surface area contributed by atoms with Crippen LogP contribution in [0.4, 0.5) is 0 Å². The number of aryl methyl sites for hydroxylation is 2. The Morgan fingerprint density at radius 3 is 2.40 bits per heavy atom. The average molecular weight is 261 g/mol. The van der Waals surface area contributed by atoms with Crippen molar-refractivity contribution in [2.75, 3.05) is 0 Å². The van der Waals surface area contributed by atoms with E-state index in [1.165, 1.54) is 0 Å². The number of fused-ring (bicyclic) bond motifs is 1. The van der Waals surface area contributed by atoms with Gasteiger partial charge in [-0.25, -0.2) is 0 Å². The fourth-order valence-electron chi connectivity index (χ4n) is 2.48. The fourth-order valence-corrected chi connectivity index (χ4v) is 2.48. The molecule has 0 fully saturated rings. The molecule has 3 aromatic rings. The Hall–Kier alpha value is -2.48. The van der Waals surface area contributed by atoms with Gasteiger partial charge in [0.25, 0.3) is 0 Å². The lowest BCUT2D eigenvalue weighted by molar-refractivity contribution is 0.103. The molecular weight excluding hydrogens is 246 g/mol. The molecule has 2 aromatic carbocycles. The summed E-state index contributed by atoms with van der Waals surface area (Å²) in [6.07, 6.45) is 1.74. The van der Waals surface area contributed by atoms with Crippen LogP contribution >= 0.6 is 0 Å². The number of pyridine rings is 1. The molecule has 0 radical (unpaired) electrons. The summed E-state index contributed by atoms with van der Waals surface area (Å²) in [5.74, 6) is 0.0457. The smallest absolute Gasteiger partial charge is 0.193 e. The number of hydrogen-bond donors (Lipinski definition) is 0. The Labute approximate surface area is 118 Å². The van der Waals surface area contributed by atoms with E-state index in [0.717, 1.165) is 27.6 Å². The highest BCUT2D eigenvalue weighted by Gasteiger charge is 2.10. The molecule has 2 heteroatoms. The first kappa shape index (κ1) is 12.5. The second-order valence-electron chi connectivity index (χ2n) is 5.12. The molecule has 0 saturated heterocycles. The largest absolute Gasteiger partial charge is 0.289 e. The van der Waals surface area contributed by atoms with Gasteiger partial charge in [0.2, 0.25) is 0 Å². The standard InChI is InChI=1S/C18H15NO/c1-12-8-13(2)10-16(9-12)18(20)15-6-5-14-4-3-7-19-17(14)11-15/h3-11H,1-2H3. The molecule has 0 unspecified atom stereocenters. The molecule has 1 aromatic heterocycles. The van der Waals surface area contributed by atoms with E-state index in [9.17, 15) is 4.79 Å². The summed E-state index contributed by atoms with van der Waals surface area (Å²) in [6, 6.07) is 15.5. The van der Waals surface area contributed by atoms with Gasteiger partial charge in [-0.15, -0.1) is 0 Å². The van der Waals surface area contributed by atoms with E-state index in [4.69, 9.17) is 0 Å². The number of nitrogens with zero attached hydrogens (tertiary/aromatic N) is 1. The van der Waals surface area contributed by atoms with E-state index in [0.29, 0.717) is 5.56 Å². The number of rotatable bonds is 2. The van der Waals surface area contributed by atoms with Crippen molar-refractivity contribution < 1.29 is 4.79 Å². The molecule has 0 aliphatic heterocycles. The molecule has 0 bridgehead atoms. The zero-order valence-corrected chi connectivity index (χ0v) is 11.6. The number of carbonyl (C=O) groups is 1. The number of ketones is 1. The minimum atomic E-state index is 0.0457. The highest BCUT2D eigenvalue weighted by atomic mass is 16.1. The SMILES string of the molecule is Cc1cc(C)cc(C(=O)c2ccc3cccnc3c2)c1. The van der Waals surface area contributed by atoms with Crippen LogP contribution in [-0.2, 0) is 0 Å². The van der Waals surface area contributed by atoms with Crippen molar-refractivity contribution in [1.82, 2.24) is 4.98 Å². The van der Waals surface area contributed by atoms with Crippen molar-refractivity contribution in [3.63, 3.8) is 0 Å². The summed E-state index contributed by atoms with van der Waals surface area (Å²) in [7, 11) is 0. The van der Waals surface area contributed by atoms with E-state index in [1.54, 1.807) is 6.20 Å². The van der Waals surface area contributed by atoms with Gasteiger partial charge in [-0.2, -0.15) is 0 Å². The van der Waals surface area contributed by atoms with E-state index in [1.807, 2.05) is 56.3 Å². The second-order valence-corrected chi connectivity index (χ2v) is 5.12. The number of aromatic nitrogens is 1. The molecule has 1 heterocycles. The Morgan fingerprint density at radius 2 is 1.65 bits per heavy atom. The van der Waals surface area contributed by atoms with Crippen LogP contribution < -0.4 is 0 Å². The minimum Gasteiger partial charge on any atom is -0.289 e. The van der Waals surface area contributed by atoms with Gasteiger partial charge in [0.15, 0.2) is 5.78 Å². The van der Waals surface area contributed by atoms with Gasteiger partial charge in [0.1, 0.15) is 0 Å². The lowest BCUT2D eigenvalue weighted by Crippen LogP contribution is -2.02. The Kier molecular flexibility index (Phi) is 3.07. The Bertz CT molecular complexity index is 785. The van der Waals surface area contributed by atoms with Gasteiger partial charge in [-0.3, -0.25) is 9.78 Å². The van der Waals surface area contributed by atoms with Crippen LogP contribution in [0.15, 0.2) is 54.7 Å². The monoisotopic (exact) mass is 261 g/mol. The van der Waals surface area contributed by atoms with Gasteiger partial charge < -0.3 is 0 Å². The van der Waals surface area contributed by atoms with Gasteiger partial charge in [-0.05, 0) is 38.1 Å². The van der Waals surface area contributed by atoms with Crippen LogP contribution in [0.3, 0.4) is 0 Å². The van der Waals surface area contributed by atoms with Gasteiger partial charge in [0.05, 0.1) is 5.52 Å². The summed E-state index contributed by atoms with van der Waals surface area (Å²) in [4.78, 5) is 16.9. The molecule has 3 rings (SSSR count). The molecule has 0 amide bonds. The lowest BCUT2D eigenvalue weighted by atomic mass is 9.98. The van der Waals surface area contributed by atoms with Gasteiger partial charge >= 0.3 is 0 Å². The van der Waals surface area contributed by atoms with Crippen molar-refractivity contribution in [3.8, 4) is 0 Å². The zero-order chi connectivity index (χ0) is 14.1. The third-order valence-electron chi connectivity index (χ3n) is 3.35. The first-order valence-corrected chi connectivity index (χ1v) is 6.61. The van der Waals surface area contributed by atoms with Crippen molar-refractivity contribution in [1.29, 1.82) is 0 Å². The van der Waals surface area contributed by atoms with Crippen LogP contribution in [0.25, 0.3) is 10.9 Å². The highest BCUT2D eigenvalue weighted by Crippen LogP contribution is 2.18. The van der Waals surface area contributed by atoms with Crippen LogP contribution in [0, 0.1) is 13.8 Å². The normalized spacial score (nSPS) is 10.7. The number of carbonyl (C=O) groups excluding carboxylic acids is 1. The quantitative estimate of drug-likeness (QED) is 0.650. The van der Waals surface area contributed by atoms with Crippen LogP contribution in [0.2, 0.25) is 0 Å². The number of benzene rings is 2. The second kappa shape index (κ2) is 4.89.